The van der Waals surface area contributed by atoms with E-state index in [2.05, 4.69) is 66.2 Å². The van der Waals surface area contributed by atoms with Gasteiger partial charge in [-0.15, -0.1) is 0 Å². The average Bonchev–Trinajstić information content (AvgIpc) is 2.68. The second-order valence-electron chi connectivity index (χ2n) is 4.02. The van der Waals surface area contributed by atoms with Gasteiger partial charge in [0.15, 0.2) is 0 Å². The van der Waals surface area contributed by atoms with Crippen LogP contribution < -0.4 is 0 Å². The van der Waals surface area contributed by atoms with Crippen molar-refractivity contribution < 1.29 is 0 Å². The van der Waals surface area contributed by atoms with Crippen molar-refractivity contribution in [2.45, 2.75) is 9.92 Å². The van der Waals surface area contributed by atoms with E-state index in [1.165, 1.54) is 20.8 Å². The van der Waals surface area contributed by atoms with Crippen LogP contribution in [0.2, 0.25) is 0 Å². The molecule has 3 rings (SSSR count). The smallest absolute Gasteiger partial charge is 0.0804 e. The third-order valence-electron chi connectivity index (χ3n) is 2.87. The molecule has 2 heteroatoms. The number of hydrogen-bond donors (Lipinski definition) is 0. The van der Waals surface area contributed by atoms with Crippen LogP contribution in [0.25, 0.3) is 10.9 Å². The molecule has 0 bridgehead atoms. The molecule has 0 aliphatic carbocycles. The van der Waals surface area contributed by atoms with Crippen LogP contribution in [-0.4, -0.2) is 4.57 Å². The Hall–Kier alpha value is -1.67. The van der Waals surface area contributed by atoms with Crippen molar-refractivity contribution in [2.75, 3.05) is 0 Å². The molecule has 17 heavy (non-hydrogen) atoms. The Morgan fingerprint density at radius 1 is 0.882 bits per heavy atom. The van der Waals surface area contributed by atoms with Gasteiger partial charge in [0.25, 0.3) is 0 Å². The first kappa shape index (κ1) is 10.5. The van der Waals surface area contributed by atoms with Crippen LogP contribution in [0.1, 0.15) is 0 Å². The quantitative estimate of drug-likeness (QED) is 0.644. The summed E-state index contributed by atoms with van der Waals surface area (Å²) in [6.45, 7) is 0. The molecule has 1 heterocycles. The maximum absolute atomic E-state index is 2.24. The first-order valence-electron chi connectivity index (χ1n) is 5.62. The lowest BCUT2D eigenvalue weighted by atomic mass is 10.2. The summed E-state index contributed by atoms with van der Waals surface area (Å²) in [4.78, 5) is 1.28. The van der Waals surface area contributed by atoms with E-state index in [1.54, 1.807) is 11.8 Å². The number of hydrogen-bond acceptors (Lipinski definition) is 1. The predicted octanol–water partition coefficient (Wildman–Crippen LogP) is 4.33. The van der Waals surface area contributed by atoms with Crippen molar-refractivity contribution in [1.29, 1.82) is 0 Å². The molecule has 0 fully saturated rings. The molecule has 2 aromatic carbocycles. The predicted molar refractivity (Wildman–Crippen MR) is 73.5 cm³/mol. The SMILES string of the molecule is Cn1c(Sc2ccccc2)cc2ccccc21. The molecule has 1 aromatic heterocycles. The fourth-order valence-electron chi connectivity index (χ4n) is 1.97. The summed E-state index contributed by atoms with van der Waals surface area (Å²) in [7, 11) is 2.12. The Labute approximate surface area is 105 Å². The van der Waals surface area contributed by atoms with E-state index in [0.29, 0.717) is 0 Å². The van der Waals surface area contributed by atoms with Crippen LogP contribution in [0.15, 0.2) is 70.6 Å². The summed E-state index contributed by atoms with van der Waals surface area (Å²) in [5.74, 6) is 0. The number of fused-ring (bicyclic) bond motifs is 1. The monoisotopic (exact) mass is 239 g/mol. The largest absolute Gasteiger partial charge is 0.339 e. The molecular weight excluding hydrogens is 226 g/mol. The van der Waals surface area contributed by atoms with Gasteiger partial charge >= 0.3 is 0 Å². The molecule has 0 amide bonds. The number of rotatable bonds is 2. The van der Waals surface area contributed by atoms with Gasteiger partial charge in [-0.2, -0.15) is 0 Å². The first-order chi connectivity index (χ1) is 8.34. The minimum Gasteiger partial charge on any atom is -0.339 e. The fraction of sp³-hybridized carbons (Fsp3) is 0.0667. The number of aromatic nitrogens is 1. The van der Waals surface area contributed by atoms with Crippen molar-refractivity contribution in [2.24, 2.45) is 7.05 Å². The molecule has 1 nitrogen and oxygen atoms in total. The van der Waals surface area contributed by atoms with Gasteiger partial charge in [-0.25, -0.2) is 0 Å². The zero-order valence-electron chi connectivity index (χ0n) is 9.63. The van der Waals surface area contributed by atoms with Gasteiger partial charge in [0.1, 0.15) is 0 Å². The maximum atomic E-state index is 2.24. The van der Waals surface area contributed by atoms with Crippen LogP contribution in [0.4, 0.5) is 0 Å². The molecule has 0 saturated heterocycles. The minimum atomic E-state index is 1.28. The third-order valence-corrected chi connectivity index (χ3v) is 3.98. The van der Waals surface area contributed by atoms with Crippen molar-refractivity contribution in [3.05, 3.63) is 60.7 Å². The highest BCUT2D eigenvalue weighted by Crippen LogP contribution is 2.31. The highest BCUT2D eigenvalue weighted by Gasteiger charge is 2.05. The standard InChI is InChI=1S/C15H13NS/c1-16-14-10-6-5-7-12(14)11-15(16)17-13-8-3-2-4-9-13/h2-11H,1H3. The average molecular weight is 239 g/mol. The van der Waals surface area contributed by atoms with Crippen molar-refractivity contribution in [1.82, 2.24) is 4.57 Å². The number of nitrogens with zero attached hydrogens (tertiary/aromatic N) is 1. The first-order valence-corrected chi connectivity index (χ1v) is 6.43. The van der Waals surface area contributed by atoms with Crippen LogP contribution in [0, 0.1) is 0 Å². The Kier molecular flexibility index (Phi) is 2.65. The minimum absolute atomic E-state index is 1.28. The lowest BCUT2D eigenvalue weighted by Crippen LogP contribution is -1.88. The fourth-order valence-corrected chi connectivity index (χ4v) is 2.93. The summed E-state index contributed by atoms with van der Waals surface area (Å²) in [5.41, 5.74) is 1.28. The molecule has 0 aliphatic rings. The van der Waals surface area contributed by atoms with E-state index in [9.17, 15) is 0 Å². The zero-order valence-corrected chi connectivity index (χ0v) is 10.4. The highest BCUT2D eigenvalue weighted by molar-refractivity contribution is 7.99. The summed E-state index contributed by atoms with van der Waals surface area (Å²) in [6.07, 6.45) is 0. The van der Waals surface area contributed by atoms with E-state index in [-0.39, 0.29) is 0 Å². The summed E-state index contributed by atoms with van der Waals surface area (Å²) < 4.78 is 2.24. The van der Waals surface area contributed by atoms with E-state index in [4.69, 9.17) is 0 Å². The van der Waals surface area contributed by atoms with Gasteiger partial charge in [-0.3, -0.25) is 0 Å². The third kappa shape index (κ3) is 1.96. The van der Waals surface area contributed by atoms with Crippen LogP contribution in [-0.2, 0) is 7.05 Å². The summed E-state index contributed by atoms with van der Waals surface area (Å²) in [6, 6.07) is 21.2. The van der Waals surface area contributed by atoms with Gasteiger partial charge < -0.3 is 4.57 Å². The van der Waals surface area contributed by atoms with Crippen LogP contribution >= 0.6 is 11.8 Å². The van der Waals surface area contributed by atoms with Crippen LogP contribution in [0.5, 0.6) is 0 Å². The Morgan fingerprint density at radius 3 is 2.35 bits per heavy atom. The molecule has 0 spiro atoms. The van der Waals surface area contributed by atoms with Crippen LogP contribution in [0.3, 0.4) is 0 Å². The number of para-hydroxylation sites is 1. The van der Waals surface area contributed by atoms with E-state index in [1.807, 2.05) is 6.07 Å². The van der Waals surface area contributed by atoms with Gasteiger partial charge in [-0.05, 0) is 24.3 Å². The Bertz CT molecular complexity index is 640. The Balaban J connectivity index is 2.04. The van der Waals surface area contributed by atoms with Crippen molar-refractivity contribution in [3.63, 3.8) is 0 Å². The lowest BCUT2D eigenvalue weighted by molar-refractivity contribution is 0.862. The molecule has 0 aliphatic heterocycles. The molecule has 84 valence electrons. The number of benzene rings is 2. The van der Waals surface area contributed by atoms with E-state index < -0.39 is 0 Å². The highest BCUT2D eigenvalue weighted by atomic mass is 32.2. The molecule has 0 unspecified atom stereocenters. The lowest BCUT2D eigenvalue weighted by Gasteiger charge is -2.03. The summed E-state index contributed by atoms with van der Waals surface area (Å²) >= 11 is 1.80. The second-order valence-corrected chi connectivity index (χ2v) is 5.11. The molecule has 0 N–H and O–H groups in total. The van der Waals surface area contributed by atoms with Gasteiger partial charge in [-0.1, -0.05) is 48.2 Å². The van der Waals surface area contributed by atoms with Gasteiger partial charge in [0, 0.05) is 22.8 Å². The topological polar surface area (TPSA) is 4.93 Å². The maximum Gasteiger partial charge on any atom is 0.0804 e. The molecular formula is C15H13NS. The molecule has 0 saturated carbocycles. The summed E-state index contributed by atoms with van der Waals surface area (Å²) in [5, 5.41) is 2.57. The Morgan fingerprint density at radius 2 is 1.59 bits per heavy atom. The second kappa shape index (κ2) is 4.30. The normalized spacial score (nSPS) is 10.9. The van der Waals surface area contributed by atoms with E-state index >= 15 is 0 Å². The van der Waals surface area contributed by atoms with E-state index in [0.717, 1.165) is 0 Å². The van der Waals surface area contributed by atoms with Crippen molar-refractivity contribution in [3.8, 4) is 0 Å². The molecule has 0 atom stereocenters. The van der Waals surface area contributed by atoms with Crippen molar-refractivity contribution >= 4 is 22.7 Å². The van der Waals surface area contributed by atoms with Gasteiger partial charge in [0.05, 0.1) is 5.03 Å². The molecule has 3 aromatic rings. The zero-order chi connectivity index (χ0) is 11.7. The number of aryl methyl sites for hydroxylation is 1. The molecule has 0 radical (unpaired) electrons. The van der Waals surface area contributed by atoms with Gasteiger partial charge in [0.2, 0.25) is 0 Å².